The third kappa shape index (κ3) is 1.46. The van der Waals surface area contributed by atoms with E-state index in [1.807, 2.05) is 6.92 Å². The number of hydrogen-bond acceptors (Lipinski definition) is 2. The maximum atomic E-state index is 8.90. The van der Waals surface area contributed by atoms with Crippen molar-refractivity contribution in [3.05, 3.63) is 0 Å². The molecular formula is C6H12O2. The van der Waals surface area contributed by atoms with Crippen molar-refractivity contribution in [3.63, 3.8) is 0 Å². The van der Waals surface area contributed by atoms with Gasteiger partial charge in [0, 0.05) is 0 Å². The topological polar surface area (TPSA) is 29.5 Å². The van der Waals surface area contributed by atoms with Gasteiger partial charge in [-0.1, -0.05) is 0 Å². The quantitative estimate of drug-likeness (QED) is 0.500. The first-order valence-corrected chi connectivity index (χ1v) is 3.08. The second-order valence-corrected chi connectivity index (χ2v) is 2.38. The van der Waals surface area contributed by atoms with Crippen LogP contribution in [-0.4, -0.2) is 23.9 Å². The standard InChI is InChI=1S/C6H12O2/c1-5-2-3-6(7)4-8-5/h5-7H,2-4H2,1H3/t5-,6?/m0/s1. The Kier molecular flexibility index (Phi) is 1.86. The summed E-state index contributed by atoms with van der Waals surface area (Å²) in [5.41, 5.74) is 0. The van der Waals surface area contributed by atoms with Gasteiger partial charge in [0.1, 0.15) is 0 Å². The molecule has 0 saturated carbocycles. The summed E-state index contributed by atoms with van der Waals surface area (Å²) in [6.07, 6.45) is 2.06. The fraction of sp³-hybridized carbons (Fsp3) is 1.00. The molecule has 8 heavy (non-hydrogen) atoms. The van der Waals surface area contributed by atoms with Gasteiger partial charge in [0.25, 0.3) is 0 Å². The predicted molar refractivity (Wildman–Crippen MR) is 30.7 cm³/mol. The van der Waals surface area contributed by atoms with Gasteiger partial charge in [0.15, 0.2) is 0 Å². The van der Waals surface area contributed by atoms with Crippen molar-refractivity contribution in [2.24, 2.45) is 0 Å². The van der Waals surface area contributed by atoms with Gasteiger partial charge in [0.2, 0.25) is 0 Å². The summed E-state index contributed by atoms with van der Waals surface area (Å²) in [6.45, 7) is 2.56. The molecule has 2 nitrogen and oxygen atoms in total. The molecule has 0 aromatic carbocycles. The van der Waals surface area contributed by atoms with Crippen molar-refractivity contribution in [1.82, 2.24) is 0 Å². The summed E-state index contributed by atoms with van der Waals surface area (Å²) in [4.78, 5) is 0. The van der Waals surface area contributed by atoms with Crippen LogP contribution in [0.3, 0.4) is 0 Å². The monoisotopic (exact) mass is 116 g/mol. The Hall–Kier alpha value is -0.0800. The molecular weight excluding hydrogens is 104 g/mol. The molecule has 1 unspecified atom stereocenters. The molecule has 1 aliphatic heterocycles. The highest BCUT2D eigenvalue weighted by Crippen LogP contribution is 2.11. The van der Waals surface area contributed by atoms with Gasteiger partial charge in [0.05, 0.1) is 18.8 Å². The first-order valence-electron chi connectivity index (χ1n) is 3.08. The Morgan fingerprint density at radius 3 is 2.62 bits per heavy atom. The molecule has 0 aliphatic carbocycles. The van der Waals surface area contributed by atoms with Crippen molar-refractivity contribution in [3.8, 4) is 0 Å². The van der Waals surface area contributed by atoms with E-state index in [0.29, 0.717) is 12.7 Å². The molecule has 2 heteroatoms. The van der Waals surface area contributed by atoms with Gasteiger partial charge in [-0.05, 0) is 19.8 Å². The Morgan fingerprint density at radius 1 is 1.50 bits per heavy atom. The maximum Gasteiger partial charge on any atom is 0.0774 e. The van der Waals surface area contributed by atoms with E-state index in [0.717, 1.165) is 12.8 Å². The van der Waals surface area contributed by atoms with E-state index < -0.39 is 0 Å². The molecule has 1 N–H and O–H groups in total. The summed E-state index contributed by atoms with van der Waals surface area (Å²) in [5.74, 6) is 0. The average Bonchev–Trinajstić information content (AvgIpc) is 1.77. The molecule has 0 bridgehead atoms. The first kappa shape index (κ1) is 6.05. The second-order valence-electron chi connectivity index (χ2n) is 2.38. The van der Waals surface area contributed by atoms with E-state index in [4.69, 9.17) is 9.84 Å². The third-order valence-corrected chi connectivity index (χ3v) is 1.48. The van der Waals surface area contributed by atoms with E-state index >= 15 is 0 Å². The zero-order chi connectivity index (χ0) is 5.98. The van der Waals surface area contributed by atoms with Crippen LogP contribution in [-0.2, 0) is 4.74 Å². The number of aliphatic hydroxyl groups is 1. The van der Waals surface area contributed by atoms with Crippen molar-refractivity contribution < 1.29 is 9.84 Å². The minimum atomic E-state index is -0.203. The third-order valence-electron chi connectivity index (χ3n) is 1.48. The Labute approximate surface area is 49.5 Å². The van der Waals surface area contributed by atoms with Gasteiger partial charge in [-0.25, -0.2) is 0 Å². The maximum absolute atomic E-state index is 8.90. The number of rotatable bonds is 0. The molecule has 1 rings (SSSR count). The second kappa shape index (κ2) is 2.46. The summed E-state index contributed by atoms with van der Waals surface area (Å²) in [6, 6.07) is 0. The molecule has 0 amide bonds. The molecule has 0 radical (unpaired) electrons. The van der Waals surface area contributed by atoms with Crippen LogP contribution in [0, 0.1) is 0 Å². The highest BCUT2D eigenvalue weighted by atomic mass is 16.5. The van der Waals surface area contributed by atoms with Crippen molar-refractivity contribution in [2.75, 3.05) is 6.61 Å². The first-order chi connectivity index (χ1) is 3.79. The predicted octanol–water partition coefficient (Wildman–Crippen LogP) is 0.546. The van der Waals surface area contributed by atoms with Gasteiger partial charge in [-0.2, -0.15) is 0 Å². The molecule has 1 aliphatic rings. The van der Waals surface area contributed by atoms with Gasteiger partial charge >= 0.3 is 0 Å². The molecule has 0 aromatic rings. The summed E-state index contributed by atoms with van der Waals surface area (Å²) >= 11 is 0. The molecule has 48 valence electrons. The lowest BCUT2D eigenvalue weighted by Crippen LogP contribution is -2.26. The number of aliphatic hydroxyl groups excluding tert-OH is 1. The highest BCUT2D eigenvalue weighted by Gasteiger charge is 2.14. The van der Waals surface area contributed by atoms with Gasteiger partial charge < -0.3 is 9.84 Å². The minimum absolute atomic E-state index is 0.203. The summed E-state index contributed by atoms with van der Waals surface area (Å²) in [7, 11) is 0. The van der Waals surface area contributed by atoms with Crippen molar-refractivity contribution in [1.29, 1.82) is 0 Å². The number of hydrogen-bond donors (Lipinski definition) is 1. The minimum Gasteiger partial charge on any atom is -0.391 e. The lowest BCUT2D eigenvalue weighted by Gasteiger charge is -2.22. The van der Waals surface area contributed by atoms with Crippen LogP contribution in [0.25, 0.3) is 0 Å². The SMILES string of the molecule is C[C@H]1CCC(O)CO1. The lowest BCUT2D eigenvalue weighted by molar-refractivity contribution is -0.0472. The summed E-state index contributed by atoms with van der Waals surface area (Å²) < 4.78 is 5.14. The van der Waals surface area contributed by atoms with Crippen LogP contribution in [0.4, 0.5) is 0 Å². The van der Waals surface area contributed by atoms with Gasteiger partial charge in [-0.3, -0.25) is 0 Å². The van der Waals surface area contributed by atoms with E-state index in [9.17, 15) is 0 Å². The molecule has 0 aromatic heterocycles. The van der Waals surface area contributed by atoms with E-state index in [1.165, 1.54) is 0 Å². The van der Waals surface area contributed by atoms with Crippen LogP contribution >= 0.6 is 0 Å². The van der Waals surface area contributed by atoms with E-state index in [2.05, 4.69) is 0 Å². The lowest BCUT2D eigenvalue weighted by atomic mass is 10.1. The van der Waals surface area contributed by atoms with Crippen LogP contribution in [0.15, 0.2) is 0 Å². The smallest absolute Gasteiger partial charge is 0.0774 e. The molecule has 1 heterocycles. The fourth-order valence-electron chi connectivity index (χ4n) is 0.869. The Morgan fingerprint density at radius 2 is 2.25 bits per heavy atom. The zero-order valence-electron chi connectivity index (χ0n) is 5.13. The molecule has 1 fully saturated rings. The molecule has 2 atom stereocenters. The van der Waals surface area contributed by atoms with Crippen LogP contribution in [0.5, 0.6) is 0 Å². The Balaban J connectivity index is 2.19. The average molecular weight is 116 g/mol. The number of ether oxygens (including phenoxy) is 1. The zero-order valence-corrected chi connectivity index (χ0v) is 5.13. The summed E-state index contributed by atoms with van der Waals surface area (Å²) in [5, 5.41) is 8.90. The highest BCUT2D eigenvalue weighted by molar-refractivity contribution is 4.64. The van der Waals surface area contributed by atoms with Crippen LogP contribution in [0.1, 0.15) is 19.8 Å². The molecule has 0 spiro atoms. The van der Waals surface area contributed by atoms with E-state index in [-0.39, 0.29) is 6.10 Å². The van der Waals surface area contributed by atoms with E-state index in [1.54, 1.807) is 0 Å². The van der Waals surface area contributed by atoms with Crippen LogP contribution < -0.4 is 0 Å². The largest absolute Gasteiger partial charge is 0.391 e. The molecule has 1 saturated heterocycles. The van der Waals surface area contributed by atoms with Crippen LogP contribution in [0.2, 0.25) is 0 Å². The van der Waals surface area contributed by atoms with Crippen molar-refractivity contribution >= 4 is 0 Å². The Bertz CT molecular complexity index is 54.9. The normalized spacial score (nSPS) is 39.8. The van der Waals surface area contributed by atoms with Gasteiger partial charge in [-0.15, -0.1) is 0 Å². The van der Waals surface area contributed by atoms with Crippen molar-refractivity contribution in [2.45, 2.75) is 32.0 Å². The fourth-order valence-corrected chi connectivity index (χ4v) is 0.869.